The van der Waals surface area contributed by atoms with Gasteiger partial charge < -0.3 is 20.1 Å². The third kappa shape index (κ3) is 4.95. The molecule has 4 rings (SSSR count). The summed E-state index contributed by atoms with van der Waals surface area (Å²) in [5.41, 5.74) is 0.519. The molecule has 1 heterocycles. The minimum absolute atomic E-state index is 0.0172. The molecule has 36 heavy (non-hydrogen) atoms. The summed E-state index contributed by atoms with van der Waals surface area (Å²) in [5.74, 6) is -5.44. The van der Waals surface area contributed by atoms with E-state index in [4.69, 9.17) is 9.84 Å². The van der Waals surface area contributed by atoms with E-state index in [2.05, 4.69) is 5.32 Å². The van der Waals surface area contributed by atoms with E-state index in [0.717, 1.165) is 0 Å². The first kappa shape index (κ1) is 24.6. The van der Waals surface area contributed by atoms with Crippen molar-refractivity contribution in [3.63, 3.8) is 0 Å². The molecule has 0 saturated heterocycles. The highest BCUT2D eigenvalue weighted by molar-refractivity contribution is 6.09. The lowest BCUT2D eigenvalue weighted by atomic mass is 9.97. The molecular formula is C27H22F2N2O5. The number of allylic oxidation sites excluding steroid dienone is 1. The van der Waals surface area contributed by atoms with Gasteiger partial charge in [0.25, 0.3) is 17.7 Å². The van der Waals surface area contributed by atoms with Crippen LogP contribution >= 0.6 is 0 Å². The highest BCUT2D eigenvalue weighted by Crippen LogP contribution is 2.43. The number of anilines is 2. The molecule has 7 nitrogen and oxygen atoms in total. The fourth-order valence-electron chi connectivity index (χ4n) is 4.04. The smallest absolute Gasteiger partial charge is 0.328 e. The van der Waals surface area contributed by atoms with Crippen molar-refractivity contribution in [1.29, 1.82) is 0 Å². The monoisotopic (exact) mass is 492 g/mol. The van der Waals surface area contributed by atoms with E-state index < -0.39 is 35.7 Å². The molecule has 1 aliphatic rings. The lowest BCUT2D eigenvalue weighted by Crippen LogP contribution is -2.33. The quantitative estimate of drug-likeness (QED) is 0.483. The van der Waals surface area contributed by atoms with Gasteiger partial charge in [0.05, 0.1) is 18.4 Å². The van der Waals surface area contributed by atoms with E-state index in [1.54, 1.807) is 30.3 Å². The van der Waals surface area contributed by atoms with Gasteiger partial charge in [0.2, 0.25) is 0 Å². The molecule has 0 saturated carbocycles. The second-order valence-electron chi connectivity index (χ2n) is 8.06. The molecule has 0 radical (unpaired) electrons. The number of para-hydroxylation sites is 2. The van der Waals surface area contributed by atoms with Crippen molar-refractivity contribution in [2.75, 3.05) is 23.9 Å². The van der Waals surface area contributed by atoms with Crippen molar-refractivity contribution >= 4 is 34.7 Å². The van der Waals surface area contributed by atoms with E-state index in [1.807, 2.05) is 0 Å². The Hall–Kier alpha value is -4.53. The third-order valence-corrected chi connectivity index (χ3v) is 5.78. The van der Waals surface area contributed by atoms with Gasteiger partial charge in [0, 0.05) is 41.4 Å². The second kappa shape index (κ2) is 9.99. The fourth-order valence-corrected chi connectivity index (χ4v) is 4.04. The summed E-state index contributed by atoms with van der Waals surface area (Å²) in [6.07, 6.45) is -0.244. The number of nitrogens with one attached hydrogen (secondary N) is 1. The molecule has 184 valence electrons. The first-order chi connectivity index (χ1) is 17.2. The molecule has 0 spiro atoms. The van der Waals surface area contributed by atoms with Gasteiger partial charge in [0.15, 0.2) is 0 Å². The fraction of sp³-hybridized carbons (Fsp3) is 0.148. The molecule has 2 amide bonds. The van der Waals surface area contributed by atoms with Crippen LogP contribution in [0.5, 0.6) is 5.75 Å². The van der Waals surface area contributed by atoms with Crippen molar-refractivity contribution < 1.29 is 33.0 Å². The Balaban J connectivity index is 1.60. The van der Waals surface area contributed by atoms with E-state index in [9.17, 15) is 23.2 Å². The first-order valence-corrected chi connectivity index (χ1v) is 11.0. The molecule has 3 aromatic carbocycles. The average molecular weight is 492 g/mol. The minimum atomic E-state index is -3.43. The number of carbonyl (C=O) groups excluding carboxylic acids is 2. The maximum atomic E-state index is 14.9. The molecule has 0 atom stereocenters. The molecule has 1 aliphatic heterocycles. The largest absolute Gasteiger partial charge is 0.496 e. The number of halogens is 2. The number of carbonyl (C=O) groups is 3. The molecule has 0 aliphatic carbocycles. The topological polar surface area (TPSA) is 95.9 Å². The number of hydrogen-bond donors (Lipinski definition) is 2. The van der Waals surface area contributed by atoms with Gasteiger partial charge in [0.1, 0.15) is 5.75 Å². The number of carboxylic acid groups (broad SMARTS) is 1. The SMILES string of the molecule is COc1ccccc1C(=O)Nc1ccc(C(=O)N2CCC(F)(F)C(=CC(=O)O)c3ccccc32)cc1. The number of hydrogen-bond acceptors (Lipinski definition) is 4. The number of carboxylic acids is 1. The zero-order chi connectivity index (χ0) is 25.9. The van der Waals surface area contributed by atoms with Crippen LogP contribution in [-0.4, -0.2) is 42.5 Å². The number of rotatable bonds is 5. The molecule has 9 heteroatoms. The Kier molecular flexibility index (Phi) is 6.82. The van der Waals surface area contributed by atoms with Gasteiger partial charge >= 0.3 is 5.97 Å². The number of nitrogens with zero attached hydrogens (tertiary/aromatic N) is 1. The number of methoxy groups -OCH3 is 1. The predicted octanol–water partition coefficient (Wildman–Crippen LogP) is 5.10. The van der Waals surface area contributed by atoms with Crippen LogP contribution in [-0.2, 0) is 4.79 Å². The average Bonchev–Trinajstić information content (AvgIpc) is 2.98. The van der Waals surface area contributed by atoms with Crippen molar-refractivity contribution in [3.8, 4) is 5.75 Å². The standard InChI is InChI=1S/C27H22F2N2O5/c1-36-23-9-5-3-7-20(23)25(34)30-18-12-10-17(11-13-18)26(35)31-15-14-27(28,29)21(16-24(32)33)19-6-2-4-8-22(19)31/h2-13,16H,14-15H2,1H3,(H,30,34)(H,32,33). The summed E-state index contributed by atoms with van der Waals surface area (Å²) in [5, 5.41) is 11.9. The Morgan fingerprint density at radius 2 is 1.67 bits per heavy atom. The molecule has 3 aromatic rings. The van der Waals surface area contributed by atoms with Crippen LogP contribution in [0, 0.1) is 0 Å². The number of fused-ring (bicyclic) bond motifs is 1. The number of alkyl halides is 2. The lowest BCUT2D eigenvalue weighted by molar-refractivity contribution is -0.131. The zero-order valence-electron chi connectivity index (χ0n) is 19.2. The van der Waals surface area contributed by atoms with Gasteiger partial charge in [-0.25, -0.2) is 13.6 Å². The lowest BCUT2D eigenvalue weighted by Gasteiger charge is -2.23. The van der Waals surface area contributed by atoms with Crippen LogP contribution in [0.1, 0.15) is 32.7 Å². The van der Waals surface area contributed by atoms with Crippen LogP contribution in [0.4, 0.5) is 20.2 Å². The van der Waals surface area contributed by atoms with Gasteiger partial charge in [-0.3, -0.25) is 9.59 Å². The molecule has 0 unspecified atom stereocenters. The Morgan fingerprint density at radius 3 is 2.36 bits per heavy atom. The summed E-state index contributed by atoms with van der Waals surface area (Å²) in [4.78, 5) is 38.4. The van der Waals surface area contributed by atoms with E-state index in [0.29, 0.717) is 23.1 Å². The number of amides is 2. The summed E-state index contributed by atoms with van der Waals surface area (Å²) in [6.45, 7) is -0.313. The highest BCUT2D eigenvalue weighted by Gasteiger charge is 2.41. The van der Waals surface area contributed by atoms with Crippen molar-refractivity contribution in [1.82, 2.24) is 0 Å². The molecule has 0 fully saturated rings. The van der Waals surface area contributed by atoms with Crippen LogP contribution in [0.25, 0.3) is 5.57 Å². The summed E-state index contributed by atoms with van der Waals surface area (Å²) in [6, 6.07) is 18.8. The molecular weight excluding hydrogens is 470 g/mol. The molecule has 0 aromatic heterocycles. The Morgan fingerprint density at radius 1 is 1.00 bits per heavy atom. The van der Waals surface area contributed by atoms with E-state index >= 15 is 0 Å². The minimum Gasteiger partial charge on any atom is -0.496 e. The van der Waals surface area contributed by atoms with Crippen LogP contribution < -0.4 is 15.0 Å². The predicted molar refractivity (Wildman–Crippen MR) is 131 cm³/mol. The summed E-state index contributed by atoms with van der Waals surface area (Å²) < 4.78 is 34.9. The van der Waals surface area contributed by atoms with E-state index in [-0.39, 0.29) is 23.4 Å². The van der Waals surface area contributed by atoms with Crippen molar-refractivity contribution in [3.05, 3.63) is 95.6 Å². The van der Waals surface area contributed by atoms with Crippen molar-refractivity contribution in [2.45, 2.75) is 12.3 Å². The van der Waals surface area contributed by atoms with Gasteiger partial charge in [-0.05, 0) is 42.5 Å². The number of benzene rings is 3. The van der Waals surface area contributed by atoms with Gasteiger partial charge in [-0.2, -0.15) is 0 Å². The first-order valence-electron chi connectivity index (χ1n) is 11.0. The highest BCUT2D eigenvalue weighted by atomic mass is 19.3. The number of aliphatic carboxylic acids is 1. The third-order valence-electron chi connectivity index (χ3n) is 5.78. The van der Waals surface area contributed by atoms with Crippen LogP contribution in [0.3, 0.4) is 0 Å². The second-order valence-corrected chi connectivity index (χ2v) is 8.06. The Bertz CT molecular complexity index is 1350. The maximum Gasteiger partial charge on any atom is 0.328 e. The van der Waals surface area contributed by atoms with Crippen LogP contribution in [0.15, 0.2) is 78.9 Å². The Labute approximate surface area is 205 Å². The molecule has 2 N–H and O–H groups in total. The number of ether oxygens (including phenoxy) is 1. The molecule has 0 bridgehead atoms. The van der Waals surface area contributed by atoms with E-state index in [1.165, 1.54) is 54.5 Å². The summed E-state index contributed by atoms with van der Waals surface area (Å²) in [7, 11) is 1.46. The normalized spacial score (nSPS) is 15.5. The van der Waals surface area contributed by atoms with Crippen LogP contribution in [0.2, 0.25) is 0 Å². The van der Waals surface area contributed by atoms with Crippen molar-refractivity contribution in [2.24, 2.45) is 0 Å². The maximum absolute atomic E-state index is 14.9. The van der Waals surface area contributed by atoms with Gasteiger partial charge in [-0.1, -0.05) is 30.3 Å². The summed E-state index contributed by atoms with van der Waals surface area (Å²) >= 11 is 0. The zero-order valence-corrected chi connectivity index (χ0v) is 19.2. The van der Waals surface area contributed by atoms with Gasteiger partial charge in [-0.15, -0.1) is 0 Å².